The van der Waals surface area contributed by atoms with Gasteiger partial charge in [0.1, 0.15) is 0 Å². The number of hydrogen-bond acceptors (Lipinski definition) is 2. The van der Waals surface area contributed by atoms with E-state index < -0.39 is 0 Å². The van der Waals surface area contributed by atoms with E-state index in [-0.39, 0.29) is 6.10 Å². The Kier molecular flexibility index (Phi) is 4.76. The molecule has 1 atom stereocenters. The summed E-state index contributed by atoms with van der Waals surface area (Å²) in [6.07, 6.45) is 6.07. The van der Waals surface area contributed by atoms with Gasteiger partial charge in [-0.2, -0.15) is 0 Å². The van der Waals surface area contributed by atoms with E-state index in [0.717, 1.165) is 38.3 Å². The van der Waals surface area contributed by atoms with E-state index in [2.05, 4.69) is 34.6 Å². The quantitative estimate of drug-likeness (QED) is 0.642. The molecule has 1 aliphatic carbocycles. The van der Waals surface area contributed by atoms with Gasteiger partial charge in [0.05, 0.1) is 12.6 Å². The van der Waals surface area contributed by atoms with E-state index in [1.54, 1.807) is 0 Å². The first kappa shape index (κ1) is 14.4. The van der Waals surface area contributed by atoms with Crippen molar-refractivity contribution in [2.24, 2.45) is 16.6 Å². The van der Waals surface area contributed by atoms with E-state index >= 15 is 0 Å². The minimum Gasteiger partial charge on any atom is -0.376 e. The minimum atomic E-state index is 0.273. The zero-order chi connectivity index (χ0) is 14.5. The Morgan fingerprint density at radius 3 is 2.71 bits per heavy atom. The lowest BCUT2D eigenvalue weighted by Crippen LogP contribution is -2.34. The molecule has 3 rings (SSSR count). The maximum Gasteiger partial charge on any atom is 0.188 e. The summed E-state index contributed by atoms with van der Waals surface area (Å²) in [6.45, 7) is 2.46. The Labute approximate surface area is 126 Å². The summed E-state index contributed by atoms with van der Waals surface area (Å²) in [5.41, 5.74) is 8.94. The maximum atomic E-state index is 5.90. The van der Waals surface area contributed by atoms with Gasteiger partial charge < -0.3 is 15.8 Å². The smallest absolute Gasteiger partial charge is 0.188 e. The van der Waals surface area contributed by atoms with Gasteiger partial charge in [-0.1, -0.05) is 24.3 Å². The molecule has 1 aromatic carbocycles. The van der Waals surface area contributed by atoms with Crippen molar-refractivity contribution >= 4 is 5.96 Å². The highest BCUT2D eigenvalue weighted by atomic mass is 16.5. The van der Waals surface area contributed by atoms with Gasteiger partial charge in [0, 0.05) is 13.2 Å². The summed E-state index contributed by atoms with van der Waals surface area (Å²) >= 11 is 0. The van der Waals surface area contributed by atoms with Crippen LogP contribution in [0, 0.1) is 5.92 Å². The average molecular weight is 287 g/mol. The molecule has 1 saturated heterocycles. The van der Waals surface area contributed by atoms with E-state index in [1.165, 1.54) is 24.0 Å². The fourth-order valence-electron chi connectivity index (χ4n) is 3.30. The number of hydrogen-bond donors (Lipinski definition) is 2. The van der Waals surface area contributed by atoms with Gasteiger partial charge in [0.25, 0.3) is 0 Å². The van der Waals surface area contributed by atoms with Crippen molar-refractivity contribution in [3.63, 3.8) is 0 Å². The first-order valence-electron chi connectivity index (χ1n) is 8.03. The molecule has 1 fully saturated rings. The van der Waals surface area contributed by atoms with Crippen molar-refractivity contribution in [3.05, 3.63) is 35.4 Å². The van der Waals surface area contributed by atoms with Crippen LogP contribution in [0.1, 0.15) is 30.4 Å². The van der Waals surface area contributed by atoms with Gasteiger partial charge in [-0.15, -0.1) is 0 Å². The fourth-order valence-corrected chi connectivity index (χ4v) is 3.30. The molecule has 3 N–H and O–H groups in total. The van der Waals surface area contributed by atoms with Crippen molar-refractivity contribution in [3.8, 4) is 0 Å². The third-order valence-electron chi connectivity index (χ3n) is 4.48. The molecule has 0 amide bonds. The molecule has 2 aliphatic rings. The third-order valence-corrected chi connectivity index (χ3v) is 4.48. The van der Waals surface area contributed by atoms with E-state index in [0.29, 0.717) is 12.5 Å². The molecule has 1 aliphatic heterocycles. The third kappa shape index (κ3) is 3.97. The van der Waals surface area contributed by atoms with Gasteiger partial charge in [0.2, 0.25) is 0 Å². The Bertz CT molecular complexity index is 470. The van der Waals surface area contributed by atoms with Crippen LogP contribution in [0.5, 0.6) is 0 Å². The molecule has 1 unspecified atom stereocenters. The van der Waals surface area contributed by atoms with Gasteiger partial charge in [-0.3, -0.25) is 4.99 Å². The molecular formula is C17H25N3O. The lowest BCUT2D eigenvalue weighted by molar-refractivity contribution is 0.118. The summed E-state index contributed by atoms with van der Waals surface area (Å²) in [6, 6.07) is 8.77. The number of benzene rings is 1. The summed E-state index contributed by atoms with van der Waals surface area (Å²) in [5.74, 6) is 1.29. The van der Waals surface area contributed by atoms with Crippen LogP contribution >= 0.6 is 0 Å². The Balaban J connectivity index is 1.36. The molecule has 21 heavy (non-hydrogen) atoms. The Morgan fingerprint density at radius 1 is 1.29 bits per heavy atom. The number of guanidine groups is 1. The van der Waals surface area contributed by atoms with E-state index in [9.17, 15) is 0 Å². The molecule has 0 bridgehead atoms. The van der Waals surface area contributed by atoms with Gasteiger partial charge in [-0.25, -0.2) is 0 Å². The van der Waals surface area contributed by atoms with Crippen molar-refractivity contribution in [1.82, 2.24) is 5.32 Å². The predicted octanol–water partition coefficient (Wildman–Crippen LogP) is 1.87. The van der Waals surface area contributed by atoms with Crippen LogP contribution in [0.25, 0.3) is 0 Å². The van der Waals surface area contributed by atoms with Gasteiger partial charge in [0.15, 0.2) is 5.96 Å². The van der Waals surface area contributed by atoms with Crippen molar-refractivity contribution in [2.45, 2.75) is 38.2 Å². The molecule has 0 aromatic heterocycles. The Hall–Kier alpha value is -1.55. The standard InChI is InChI=1S/C17H25N3O/c18-17(20-12-16-6-3-9-21-16)19-8-7-13-10-14-4-1-2-5-15(14)11-13/h1-2,4-5,13,16H,3,6-12H2,(H3,18,19,20). The SMILES string of the molecule is NC(=NCC1CCCO1)NCCC1Cc2ccccc2C1. The summed E-state index contributed by atoms with van der Waals surface area (Å²) in [4.78, 5) is 4.37. The summed E-state index contributed by atoms with van der Waals surface area (Å²) in [7, 11) is 0. The normalized spacial score (nSPS) is 22.5. The largest absolute Gasteiger partial charge is 0.376 e. The van der Waals surface area contributed by atoms with Crippen LogP contribution in [0.15, 0.2) is 29.3 Å². The molecule has 0 radical (unpaired) electrons. The highest BCUT2D eigenvalue weighted by molar-refractivity contribution is 5.77. The van der Waals surface area contributed by atoms with Crippen LogP contribution in [-0.4, -0.2) is 31.8 Å². The minimum absolute atomic E-state index is 0.273. The maximum absolute atomic E-state index is 5.90. The van der Waals surface area contributed by atoms with Gasteiger partial charge >= 0.3 is 0 Å². The Morgan fingerprint density at radius 2 is 2.05 bits per heavy atom. The van der Waals surface area contributed by atoms with Crippen LogP contribution in [0.4, 0.5) is 0 Å². The molecule has 1 aromatic rings. The lowest BCUT2D eigenvalue weighted by Gasteiger charge is -2.11. The summed E-state index contributed by atoms with van der Waals surface area (Å²) in [5, 5.41) is 3.23. The fraction of sp³-hybridized carbons (Fsp3) is 0.588. The number of nitrogens with two attached hydrogens (primary N) is 1. The van der Waals surface area contributed by atoms with Crippen molar-refractivity contribution in [1.29, 1.82) is 0 Å². The van der Waals surface area contributed by atoms with Crippen LogP contribution < -0.4 is 11.1 Å². The average Bonchev–Trinajstić information content (AvgIpc) is 3.14. The van der Waals surface area contributed by atoms with E-state index in [1.807, 2.05) is 0 Å². The van der Waals surface area contributed by atoms with Crippen molar-refractivity contribution in [2.75, 3.05) is 19.7 Å². The second kappa shape index (κ2) is 6.94. The molecule has 114 valence electrons. The molecule has 1 heterocycles. The number of fused-ring (bicyclic) bond motifs is 1. The van der Waals surface area contributed by atoms with E-state index in [4.69, 9.17) is 10.5 Å². The topological polar surface area (TPSA) is 59.6 Å². The molecule has 4 heteroatoms. The second-order valence-corrected chi connectivity index (χ2v) is 6.12. The number of aliphatic imine (C=N–C) groups is 1. The van der Waals surface area contributed by atoms with Crippen LogP contribution in [0.3, 0.4) is 0 Å². The lowest BCUT2D eigenvalue weighted by atomic mass is 10.0. The highest BCUT2D eigenvalue weighted by Crippen LogP contribution is 2.28. The van der Waals surface area contributed by atoms with Gasteiger partial charge in [-0.05, 0) is 49.1 Å². The van der Waals surface area contributed by atoms with Crippen molar-refractivity contribution < 1.29 is 4.74 Å². The second-order valence-electron chi connectivity index (χ2n) is 6.12. The first-order valence-corrected chi connectivity index (χ1v) is 8.03. The molecular weight excluding hydrogens is 262 g/mol. The number of nitrogens with one attached hydrogen (secondary N) is 1. The predicted molar refractivity (Wildman–Crippen MR) is 85.4 cm³/mol. The number of ether oxygens (including phenoxy) is 1. The zero-order valence-electron chi connectivity index (χ0n) is 12.6. The molecule has 4 nitrogen and oxygen atoms in total. The first-order chi connectivity index (χ1) is 10.3. The van der Waals surface area contributed by atoms with Crippen LogP contribution in [0.2, 0.25) is 0 Å². The van der Waals surface area contributed by atoms with Crippen LogP contribution in [-0.2, 0) is 17.6 Å². The molecule has 0 spiro atoms. The zero-order valence-corrected chi connectivity index (χ0v) is 12.6. The monoisotopic (exact) mass is 287 g/mol. The highest BCUT2D eigenvalue weighted by Gasteiger charge is 2.20. The number of rotatable bonds is 5. The number of nitrogens with zero attached hydrogens (tertiary/aromatic N) is 1. The molecule has 0 saturated carbocycles. The summed E-state index contributed by atoms with van der Waals surface area (Å²) < 4.78 is 5.53.